The van der Waals surface area contributed by atoms with Crippen LogP contribution in [0.25, 0.3) is 0 Å². The molecule has 1 aliphatic rings. The Hall–Kier alpha value is -2.82. The zero-order valence-corrected chi connectivity index (χ0v) is 21.2. The van der Waals surface area contributed by atoms with E-state index in [1.807, 2.05) is 26.0 Å². The first-order valence-electron chi connectivity index (χ1n) is 11.1. The summed E-state index contributed by atoms with van der Waals surface area (Å²) in [6.07, 6.45) is 0.278. The number of sulfonamides is 1. The lowest BCUT2D eigenvalue weighted by Gasteiger charge is -2.34. The molecule has 0 spiro atoms. The minimum atomic E-state index is -3.54. The van der Waals surface area contributed by atoms with Gasteiger partial charge in [0, 0.05) is 57.0 Å². The third-order valence-electron chi connectivity index (χ3n) is 5.90. The highest BCUT2D eigenvalue weighted by atomic mass is 32.2. The molecule has 0 radical (unpaired) electrons. The Bertz CT molecular complexity index is 1100. The molecule has 0 bridgehead atoms. The topological polar surface area (TPSA) is 97.4 Å². The van der Waals surface area contributed by atoms with E-state index in [4.69, 9.17) is 14.2 Å². The predicted molar refractivity (Wildman–Crippen MR) is 130 cm³/mol. The highest BCUT2D eigenvalue weighted by Gasteiger charge is 2.29. The molecule has 0 aliphatic carbocycles. The minimum absolute atomic E-state index is 0.153. The molecule has 0 atom stereocenters. The number of rotatable bonds is 9. The summed E-state index contributed by atoms with van der Waals surface area (Å²) in [5.41, 5.74) is 2.21. The summed E-state index contributed by atoms with van der Waals surface area (Å²) >= 11 is 0. The SMILES string of the molecule is COc1cc(NC(=O)CCN2CCN(S(=O)(=O)c3cc(C)ccc3C)CC2)cc(OC)c1OC. The molecule has 1 fully saturated rings. The van der Waals surface area contributed by atoms with Gasteiger partial charge in [0.15, 0.2) is 11.5 Å². The van der Waals surface area contributed by atoms with Crippen molar-refractivity contribution in [2.24, 2.45) is 0 Å². The summed E-state index contributed by atoms with van der Waals surface area (Å²) in [7, 11) is 1.02. The van der Waals surface area contributed by atoms with Gasteiger partial charge in [0.1, 0.15) is 0 Å². The van der Waals surface area contributed by atoms with Gasteiger partial charge < -0.3 is 24.4 Å². The largest absolute Gasteiger partial charge is 0.493 e. The summed E-state index contributed by atoms with van der Waals surface area (Å²) in [6.45, 7) is 6.17. The third kappa shape index (κ3) is 5.81. The Labute approximate surface area is 201 Å². The summed E-state index contributed by atoms with van der Waals surface area (Å²) in [5, 5.41) is 2.86. The van der Waals surface area contributed by atoms with Crippen molar-refractivity contribution in [3.05, 3.63) is 41.5 Å². The number of ether oxygens (including phenoxy) is 3. The summed E-state index contributed by atoms with van der Waals surface area (Å²) < 4.78 is 43.7. The van der Waals surface area contributed by atoms with Crippen LogP contribution in [0.4, 0.5) is 5.69 Å². The zero-order chi connectivity index (χ0) is 24.9. The van der Waals surface area contributed by atoms with E-state index in [9.17, 15) is 13.2 Å². The fraction of sp³-hybridized carbons (Fsp3) is 0.458. The van der Waals surface area contributed by atoms with Crippen molar-refractivity contribution in [3.63, 3.8) is 0 Å². The van der Waals surface area contributed by atoms with Crippen molar-refractivity contribution in [2.75, 3.05) is 59.4 Å². The quantitative estimate of drug-likeness (QED) is 0.576. The number of nitrogens with zero attached hydrogens (tertiary/aromatic N) is 2. The van der Waals surface area contributed by atoms with Crippen LogP contribution in [0.2, 0.25) is 0 Å². The molecule has 1 aliphatic heterocycles. The Morgan fingerprint density at radius 2 is 1.56 bits per heavy atom. The van der Waals surface area contributed by atoms with Crippen LogP contribution in [0.15, 0.2) is 35.2 Å². The van der Waals surface area contributed by atoms with E-state index in [2.05, 4.69) is 10.2 Å². The molecule has 186 valence electrons. The molecule has 1 N–H and O–H groups in total. The highest BCUT2D eigenvalue weighted by molar-refractivity contribution is 7.89. The minimum Gasteiger partial charge on any atom is -0.493 e. The summed E-state index contributed by atoms with van der Waals surface area (Å²) in [6, 6.07) is 8.83. The van der Waals surface area contributed by atoms with Crippen molar-refractivity contribution in [1.29, 1.82) is 0 Å². The van der Waals surface area contributed by atoms with Crippen LogP contribution >= 0.6 is 0 Å². The number of nitrogens with one attached hydrogen (secondary N) is 1. The smallest absolute Gasteiger partial charge is 0.243 e. The van der Waals surface area contributed by atoms with Crippen molar-refractivity contribution >= 4 is 21.6 Å². The van der Waals surface area contributed by atoms with E-state index in [0.29, 0.717) is 60.6 Å². The van der Waals surface area contributed by atoms with E-state index in [0.717, 1.165) is 11.1 Å². The van der Waals surface area contributed by atoms with Gasteiger partial charge in [-0.3, -0.25) is 4.79 Å². The van der Waals surface area contributed by atoms with Crippen LogP contribution < -0.4 is 19.5 Å². The molecule has 2 aromatic carbocycles. The van der Waals surface area contributed by atoms with E-state index < -0.39 is 10.0 Å². The Kier molecular flexibility index (Phi) is 8.40. The number of carbonyl (C=O) groups excluding carboxylic acids is 1. The maximum Gasteiger partial charge on any atom is 0.243 e. The second-order valence-corrected chi connectivity index (χ2v) is 10.1. The van der Waals surface area contributed by atoms with Gasteiger partial charge in [-0.25, -0.2) is 8.42 Å². The van der Waals surface area contributed by atoms with Crippen molar-refractivity contribution in [1.82, 2.24) is 9.21 Å². The number of aryl methyl sites for hydroxylation is 2. The molecular formula is C24H33N3O6S. The first-order chi connectivity index (χ1) is 16.2. The molecule has 1 amide bonds. The average molecular weight is 492 g/mol. The monoisotopic (exact) mass is 491 g/mol. The maximum absolute atomic E-state index is 13.1. The van der Waals surface area contributed by atoms with Gasteiger partial charge >= 0.3 is 0 Å². The molecule has 34 heavy (non-hydrogen) atoms. The molecule has 10 heteroatoms. The van der Waals surface area contributed by atoms with Crippen LogP contribution in [0.3, 0.4) is 0 Å². The third-order valence-corrected chi connectivity index (χ3v) is 7.94. The number of amides is 1. The first kappa shape index (κ1) is 25.8. The Morgan fingerprint density at radius 1 is 0.941 bits per heavy atom. The average Bonchev–Trinajstić information content (AvgIpc) is 2.83. The maximum atomic E-state index is 13.1. The molecule has 9 nitrogen and oxygen atoms in total. The molecule has 0 aromatic heterocycles. The number of piperazine rings is 1. The van der Waals surface area contributed by atoms with E-state index in [-0.39, 0.29) is 12.3 Å². The lowest BCUT2D eigenvalue weighted by molar-refractivity contribution is -0.116. The predicted octanol–water partition coefficient (Wildman–Crippen LogP) is 2.66. The highest BCUT2D eigenvalue weighted by Crippen LogP contribution is 2.39. The van der Waals surface area contributed by atoms with Gasteiger partial charge in [0.05, 0.1) is 26.2 Å². The Balaban J connectivity index is 1.54. The van der Waals surface area contributed by atoms with Crippen molar-refractivity contribution in [2.45, 2.75) is 25.2 Å². The van der Waals surface area contributed by atoms with E-state index in [1.165, 1.54) is 25.6 Å². The number of hydrogen-bond donors (Lipinski definition) is 1. The number of carbonyl (C=O) groups is 1. The van der Waals surface area contributed by atoms with Gasteiger partial charge in [-0.05, 0) is 31.0 Å². The van der Waals surface area contributed by atoms with Gasteiger partial charge in [-0.2, -0.15) is 4.31 Å². The zero-order valence-electron chi connectivity index (χ0n) is 20.4. The molecule has 2 aromatic rings. The fourth-order valence-electron chi connectivity index (χ4n) is 3.95. The van der Waals surface area contributed by atoms with Gasteiger partial charge in [-0.15, -0.1) is 0 Å². The van der Waals surface area contributed by atoms with Crippen LogP contribution in [0.1, 0.15) is 17.5 Å². The second kappa shape index (κ2) is 11.1. The van der Waals surface area contributed by atoms with Gasteiger partial charge in [0.2, 0.25) is 21.7 Å². The van der Waals surface area contributed by atoms with Crippen LogP contribution in [-0.2, 0) is 14.8 Å². The number of methoxy groups -OCH3 is 3. The fourth-order valence-corrected chi connectivity index (χ4v) is 5.69. The number of benzene rings is 2. The van der Waals surface area contributed by atoms with Crippen molar-refractivity contribution in [3.8, 4) is 17.2 Å². The summed E-state index contributed by atoms with van der Waals surface area (Å²) in [4.78, 5) is 15.0. The molecular weight excluding hydrogens is 458 g/mol. The van der Waals surface area contributed by atoms with Crippen LogP contribution in [0, 0.1) is 13.8 Å². The van der Waals surface area contributed by atoms with E-state index in [1.54, 1.807) is 18.2 Å². The molecule has 0 unspecified atom stereocenters. The molecule has 1 heterocycles. The lowest BCUT2D eigenvalue weighted by atomic mass is 10.2. The van der Waals surface area contributed by atoms with Crippen LogP contribution in [0.5, 0.6) is 17.2 Å². The number of anilines is 1. The van der Waals surface area contributed by atoms with Crippen molar-refractivity contribution < 1.29 is 27.4 Å². The second-order valence-electron chi connectivity index (χ2n) is 8.23. The van der Waals surface area contributed by atoms with Crippen LogP contribution in [-0.4, -0.2) is 77.6 Å². The molecule has 3 rings (SSSR count). The summed E-state index contributed by atoms with van der Waals surface area (Å²) in [5.74, 6) is 1.22. The molecule has 1 saturated heterocycles. The first-order valence-corrected chi connectivity index (χ1v) is 12.5. The van der Waals surface area contributed by atoms with Gasteiger partial charge in [-0.1, -0.05) is 12.1 Å². The number of hydrogen-bond acceptors (Lipinski definition) is 7. The molecule has 0 saturated carbocycles. The van der Waals surface area contributed by atoms with Gasteiger partial charge in [0.25, 0.3) is 0 Å². The normalized spacial score (nSPS) is 15.1. The Morgan fingerprint density at radius 3 is 2.12 bits per heavy atom. The van der Waals surface area contributed by atoms with E-state index >= 15 is 0 Å². The standard InChI is InChI=1S/C24H33N3O6S/c1-17-6-7-18(2)22(14-17)34(29,30)27-12-10-26(11-13-27)9-8-23(28)25-19-15-20(31-3)24(33-5)21(16-19)32-4/h6-7,14-16H,8-13H2,1-5H3,(H,25,28). The lowest BCUT2D eigenvalue weighted by Crippen LogP contribution is -2.49.